The van der Waals surface area contributed by atoms with Gasteiger partial charge in [0.25, 0.3) is 0 Å². The van der Waals surface area contributed by atoms with E-state index in [1.807, 2.05) is 24.3 Å². The summed E-state index contributed by atoms with van der Waals surface area (Å²) in [5.74, 6) is 0.637. The Morgan fingerprint density at radius 2 is 1.62 bits per heavy atom. The van der Waals surface area contributed by atoms with Crippen molar-refractivity contribution in [2.45, 2.75) is 39.0 Å². The highest BCUT2D eigenvalue weighted by Crippen LogP contribution is 2.40. The Hall–Kier alpha value is -1.80. The molecule has 0 heterocycles. The molecule has 9 heteroatoms. The minimum Gasteiger partial charge on any atom is -0.490 e. The van der Waals surface area contributed by atoms with Crippen LogP contribution in [-0.4, -0.2) is 40.2 Å². The largest absolute Gasteiger partial charge is 0.490 e. The van der Waals surface area contributed by atoms with Crippen LogP contribution in [0.1, 0.15) is 44.7 Å². The van der Waals surface area contributed by atoms with Crippen LogP contribution in [0.2, 0.25) is 10.0 Å². The molecule has 6 nitrogen and oxygen atoms in total. The monoisotopic (exact) mass is 501 g/mol. The van der Waals surface area contributed by atoms with Gasteiger partial charge in [-0.15, -0.1) is 0 Å². The molecule has 0 aliphatic carbocycles. The van der Waals surface area contributed by atoms with Gasteiger partial charge in [0.2, 0.25) is 10.0 Å². The van der Waals surface area contributed by atoms with Gasteiger partial charge in [0.05, 0.1) is 29.5 Å². The number of ketones is 1. The Labute approximate surface area is 200 Å². The number of halogens is 2. The first-order chi connectivity index (χ1) is 14.9. The molecule has 0 saturated carbocycles. The van der Waals surface area contributed by atoms with Crippen LogP contribution >= 0.6 is 23.2 Å². The van der Waals surface area contributed by atoms with E-state index in [0.29, 0.717) is 28.2 Å². The number of hydrogen-bond donors (Lipinski definition) is 1. The summed E-state index contributed by atoms with van der Waals surface area (Å²) < 4.78 is 35.4. The van der Waals surface area contributed by atoms with Gasteiger partial charge in [-0.1, -0.05) is 62.5 Å². The molecule has 0 aromatic heterocycles. The highest BCUT2D eigenvalue weighted by atomic mass is 35.5. The van der Waals surface area contributed by atoms with Gasteiger partial charge in [-0.05, 0) is 41.8 Å². The van der Waals surface area contributed by atoms with Crippen LogP contribution in [0.3, 0.4) is 0 Å². The number of carbonyl (C=O) groups is 1. The van der Waals surface area contributed by atoms with Crippen molar-refractivity contribution in [3.05, 3.63) is 57.6 Å². The molecule has 1 N–H and O–H groups in total. The molecule has 2 aromatic carbocycles. The van der Waals surface area contributed by atoms with Crippen LogP contribution in [0, 0.1) is 0 Å². The molecule has 0 atom stereocenters. The Morgan fingerprint density at radius 3 is 2.16 bits per heavy atom. The van der Waals surface area contributed by atoms with E-state index in [2.05, 4.69) is 25.5 Å². The lowest BCUT2D eigenvalue weighted by Gasteiger charge is -2.27. The van der Waals surface area contributed by atoms with E-state index >= 15 is 0 Å². The molecule has 0 aliphatic rings. The van der Waals surface area contributed by atoms with Gasteiger partial charge in [0.15, 0.2) is 11.5 Å². The number of ether oxygens (including phenoxy) is 2. The average Bonchev–Trinajstić information content (AvgIpc) is 2.72. The highest BCUT2D eigenvalue weighted by molar-refractivity contribution is 7.88. The number of benzene rings is 2. The predicted molar refractivity (Wildman–Crippen MR) is 129 cm³/mol. The third kappa shape index (κ3) is 7.66. The molecule has 0 spiro atoms. The summed E-state index contributed by atoms with van der Waals surface area (Å²) in [4.78, 5) is 11.8. The van der Waals surface area contributed by atoms with Gasteiger partial charge < -0.3 is 9.47 Å². The third-order valence-electron chi connectivity index (χ3n) is 4.97. The normalized spacial score (nSPS) is 11.9. The van der Waals surface area contributed by atoms with Crippen molar-refractivity contribution in [1.82, 2.24) is 4.72 Å². The summed E-state index contributed by atoms with van der Waals surface area (Å²) in [6, 6.07) is 11.1. The summed E-state index contributed by atoms with van der Waals surface area (Å²) in [5.41, 5.74) is 1.54. The minimum absolute atomic E-state index is 0.226. The van der Waals surface area contributed by atoms with Gasteiger partial charge in [-0.2, -0.15) is 0 Å². The van der Waals surface area contributed by atoms with Gasteiger partial charge >= 0.3 is 0 Å². The zero-order chi connectivity index (χ0) is 23.9. The molecule has 176 valence electrons. The fourth-order valence-corrected chi connectivity index (χ4v) is 3.96. The number of nitrogens with one attached hydrogen (secondary N) is 1. The fraction of sp³-hybridized carbons (Fsp3) is 0.435. The Bertz CT molecular complexity index is 1010. The number of carbonyl (C=O) groups excluding carboxylic acids is 1. The van der Waals surface area contributed by atoms with E-state index in [-0.39, 0.29) is 18.9 Å². The maximum Gasteiger partial charge on any atom is 0.209 e. The van der Waals surface area contributed by atoms with Crippen molar-refractivity contribution in [3.63, 3.8) is 0 Å². The van der Waals surface area contributed by atoms with Crippen LogP contribution in [0.15, 0.2) is 36.4 Å². The second-order valence-electron chi connectivity index (χ2n) is 8.04. The second-order valence-corrected chi connectivity index (χ2v) is 10.7. The third-order valence-corrected chi connectivity index (χ3v) is 6.20. The molecule has 0 saturated heterocycles. The van der Waals surface area contributed by atoms with Crippen LogP contribution in [-0.2, 0) is 20.2 Å². The first-order valence-corrected chi connectivity index (χ1v) is 12.9. The van der Waals surface area contributed by atoms with Crippen LogP contribution in [0.25, 0.3) is 0 Å². The van der Waals surface area contributed by atoms with Gasteiger partial charge in [0, 0.05) is 5.41 Å². The Balaban J connectivity index is 2.08. The zero-order valence-electron chi connectivity index (χ0n) is 18.7. The van der Waals surface area contributed by atoms with Gasteiger partial charge in [-0.3, -0.25) is 4.79 Å². The van der Waals surface area contributed by atoms with Crippen molar-refractivity contribution >= 4 is 39.0 Å². The molecule has 32 heavy (non-hydrogen) atoms. The van der Waals surface area contributed by atoms with Gasteiger partial charge in [0.1, 0.15) is 12.4 Å². The maximum absolute atomic E-state index is 11.8. The van der Waals surface area contributed by atoms with E-state index in [1.54, 1.807) is 12.1 Å². The number of sulfonamides is 1. The first-order valence-electron chi connectivity index (χ1n) is 10.3. The van der Waals surface area contributed by atoms with Crippen molar-refractivity contribution in [2.24, 2.45) is 0 Å². The SMILES string of the molecule is CCCCOc1c(Cl)cc(C(C)(C)c2ccc(OCC(=O)CNS(C)(=O)=O)cc2)cc1Cl. The minimum atomic E-state index is -3.42. The molecule has 2 aromatic rings. The first kappa shape index (κ1) is 26.5. The molecule has 0 fully saturated rings. The summed E-state index contributed by atoms with van der Waals surface area (Å²) in [7, 11) is -3.42. The highest BCUT2D eigenvalue weighted by Gasteiger charge is 2.25. The van der Waals surface area contributed by atoms with E-state index in [1.165, 1.54) is 0 Å². The smallest absolute Gasteiger partial charge is 0.209 e. The summed E-state index contributed by atoms with van der Waals surface area (Å²) in [6.07, 6.45) is 2.94. The van der Waals surface area contributed by atoms with Gasteiger partial charge in [-0.25, -0.2) is 13.1 Å². The van der Waals surface area contributed by atoms with Crippen LogP contribution < -0.4 is 14.2 Å². The number of hydrogen-bond acceptors (Lipinski definition) is 5. The number of unbranched alkanes of at least 4 members (excludes halogenated alkanes) is 1. The average molecular weight is 502 g/mol. The topological polar surface area (TPSA) is 81.7 Å². The Morgan fingerprint density at radius 1 is 1.03 bits per heavy atom. The van der Waals surface area contributed by atoms with Crippen LogP contribution in [0.5, 0.6) is 11.5 Å². The summed E-state index contributed by atoms with van der Waals surface area (Å²) in [5, 5.41) is 0.940. The lowest BCUT2D eigenvalue weighted by Crippen LogP contribution is -2.31. The molecule has 0 bridgehead atoms. The predicted octanol–water partition coefficient (Wildman–Crippen LogP) is 5.00. The van der Waals surface area contributed by atoms with E-state index < -0.39 is 15.4 Å². The molecule has 0 aliphatic heterocycles. The zero-order valence-corrected chi connectivity index (χ0v) is 21.0. The Kier molecular flexibility index (Phi) is 9.40. The van der Waals surface area contributed by atoms with Crippen LogP contribution in [0.4, 0.5) is 0 Å². The van der Waals surface area contributed by atoms with Crippen molar-refractivity contribution in [2.75, 3.05) is 26.0 Å². The van der Waals surface area contributed by atoms with Crippen molar-refractivity contribution < 1.29 is 22.7 Å². The lowest BCUT2D eigenvalue weighted by atomic mass is 9.78. The molecule has 0 unspecified atom stereocenters. The molecular formula is C23H29Cl2NO5S. The van der Waals surface area contributed by atoms with E-state index in [4.69, 9.17) is 32.7 Å². The molecule has 0 radical (unpaired) electrons. The number of Topliss-reactive ketones (excluding diaryl/α,β-unsaturated/α-hetero) is 1. The lowest BCUT2D eigenvalue weighted by molar-refractivity contribution is -0.119. The molecule has 0 amide bonds. The second kappa shape index (κ2) is 11.4. The fourth-order valence-electron chi connectivity index (χ4n) is 2.94. The molecular weight excluding hydrogens is 473 g/mol. The standard InChI is InChI=1S/C23H29Cl2NO5S/c1-5-6-11-30-22-20(24)12-17(13-21(22)25)23(2,3)16-7-9-19(10-8-16)31-15-18(27)14-26-32(4,28)29/h7-10,12-13,26H,5-6,11,14-15H2,1-4H3. The van der Waals surface area contributed by atoms with E-state index in [9.17, 15) is 13.2 Å². The van der Waals surface area contributed by atoms with E-state index in [0.717, 1.165) is 30.2 Å². The quantitative estimate of drug-likeness (QED) is 0.414. The molecule has 2 rings (SSSR count). The summed E-state index contributed by atoms with van der Waals surface area (Å²) >= 11 is 12.9. The van der Waals surface area contributed by atoms with Crippen molar-refractivity contribution in [3.8, 4) is 11.5 Å². The number of rotatable bonds is 12. The maximum atomic E-state index is 11.8. The summed E-state index contributed by atoms with van der Waals surface area (Å²) in [6.45, 7) is 6.24. The van der Waals surface area contributed by atoms with Crippen molar-refractivity contribution in [1.29, 1.82) is 0 Å².